The monoisotopic (exact) mass is 435 g/mol. The Bertz CT molecular complexity index is 956. The van der Waals surface area contributed by atoms with E-state index in [1.165, 1.54) is 35.5 Å². The molecule has 1 atom stereocenters. The Hall–Kier alpha value is -2.86. The van der Waals surface area contributed by atoms with Crippen LogP contribution in [-0.4, -0.2) is 25.7 Å². The van der Waals surface area contributed by atoms with Crippen LogP contribution in [-0.2, 0) is 17.6 Å². The number of anilines is 2. The molecule has 1 amide bonds. The highest BCUT2D eigenvalue weighted by Gasteiger charge is 2.23. The van der Waals surface area contributed by atoms with Gasteiger partial charge in [0.05, 0.1) is 12.7 Å². The molecule has 2 aromatic rings. The van der Waals surface area contributed by atoms with Crippen LogP contribution in [0.15, 0.2) is 18.2 Å². The van der Waals surface area contributed by atoms with Gasteiger partial charge in [0, 0.05) is 16.6 Å². The molecule has 0 aliphatic heterocycles. The number of halogens is 2. The lowest BCUT2D eigenvalue weighted by Crippen LogP contribution is -2.31. The number of benzene rings is 1. The zero-order valence-electron chi connectivity index (χ0n) is 16.8. The summed E-state index contributed by atoms with van der Waals surface area (Å²) in [6.45, 7) is -1.34. The van der Waals surface area contributed by atoms with Crippen LogP contribution in [0.25, 0.3) is 0 Å². The SMILES string of the molecule is COc1ccc(N[C@@H](C)C(=O)Nc2sc3c(c2C#N)CCCCC3)cc1OC(F)F. The van der Waals surface area contributed by atoms with Gasteiger partial charge in [-0.15, -0.1) is 11.3 Å². The van der Waals surface area contributed by atoms with E-state index in [1.807, 2.05) is 0 Å². The van der Waals surface area contributed by atoms with E-state index in [0.29, 0.717) is 16.3 Å². The third kappa shape index (κ3) is 5.00. The summed E-state index contributed by atoms with van der Waals surface area (Å²) < 4.78 is 34.7. The molecule has 0 bridgehead atoms. The molecule has 0 radical (unpaired) electrons. The highest BCUT2D eigenvalue weighted by molar-refractivity contribution is 7.16. The summed E-state index contributed by atoms with van der Waals surface area (Å²) in [6, 6.07) is 6.00. The van der Waals surface area contributed by atoms with E-state index >= 15 is 0 Å². The van der Waals surface area contributed by atoms with Gasteiger partial charge in [0.1, 0.15) is 17.1 Å². The van der Waals surface area contributed by atoms with Gasteiger partial charge in [-0.25, -0.2) is 0 Å². The number of thiophene rings is 1. The Morgan fingerprint density at radius 1 is 1.23 bits per heavy atom. The number of nitrogens with one attached hydrogen (secondary N) is 2. The van der Waals surface area contributed by atoms with E-state index in [0.717, 1.165) is 37.7 Å². The summed E-state index contributed by atoms with van der Waals surface area (Å²) in [5.41, 5.74) is 2.03. The Kier molecular flexibility index (Phi) is 7.11. The number of carbonyl (C=O) groups excluding carboxylic acids is 1. The minimum Gasteiger partial charge on any atom is -0.493 e. The number of rotatable bonds is 7. The standard InChI is InChI=1S/C21H23F2N3O3S/c1-12(25-13-8-9-16(28-2)17(10-13)29-21(22)23)19(27)26-20-15(11-24)14-6-4-3-5-7-18(14)30-20/h8-10,12,21,25H,3-7H2,1-2H3,(H,26,27)/t12-/m0/s1. The molecule has 0 fully saturated rings. The summed E-state index contributed by atoms with van der Waals surface area (Å²) >= 11 is 1.46. The Morgan fingerprint density at radius 3 is 2.70 bits per heavy atom. The van der Waals surface area contributed by atoms with Gasteiger partial charge < -0.3 is 20.1 Å². The number of nitrogens with zero attached hydrogens (tertiary/aromatic N) is 1. The summed E-state index contributed by atoms with van der Waals surface area (Å²) in [4.78, 5) is 13.9. The van der Waals surface area contributed by atoms with Gasteiger partial charge in [0.2, 0.25) is 5.91 Å². The molecule has 2 N–H and O–H groups in total. The van der Waals surface area contributed by atoms with E-state index in [1.54, 1.807) is 13.0 Å². The molecule has 30 heavy (non-hydrogen) atoms. The van der Waals surface area contributed by atoms with Crippen LogP contribution in [0.5, 0.6) is 11.5 Å². The average molecular weight is 435 g/mol. The van der Waals surface area contributed by atoms with E-state index < -0.39 is 12.7 Å². The van der Waals surface area contributed by atoms with Gasteiger partial charge in [-0.1, -0.05) is 6.42 Å². The van der Waals surface area contributed by atoms with Crippen molar-refractivity contribution in [3.05, 3.63) is 34.2 Å². The number of carbonyl (C=O) groups is 1. The molecule has 1 heterocycles. The van der Waals surface area contributed by atoms with Crippen LogP contribution in [0.2, 0.25) is 0 Å². The summed E-state index contributed by atoms with van der Waals surface area (Å²) in [5, 5.41) is 16.0. The second kappa shape index (κ2) is 9.76. The molecule has 0 saturated heterocycles. The summed E-state index contributed by atoms with van der Waals surface area (Å²) in [7, 11) is 1.35. The molecule has 1 aliphatic rings. The van der Waals surface area contributed by atoms with Crippen molar-refractivity contribution < 1.29 is 23.0 Å². The topological polar surface area (TPSA) is 83.4 Å². The molecule has 9 heteroatoms. The zero-order valence-corrected chi connectivity index (χ0v) is 17.6. The smallest absolute Gasteiger partial charge is 0.387 e. The minimum atomic E-state index is -2.99. The van der Waals surface area contributed by atoms with Gasteiger partial charge in [0.15, 0.2) is 11.5 Å². The van der Waals surface area contributed by atoms with Crippen molar-refractivity contribution in [2.24, 2.45) is 0 Å². The van der Waals surface area contributed by atoms with E-state index in [4.69, 9.17) is 4.74 Å². The first-order valence-corrected chi connectivity index (χ1v) is 10.5. The quantitative estimate of drug-likeness (QED) is 0.602. The van der Waals surface area contributed by atoms with E-state index in [9.17, 15) is 18.8 Å². The molecule has 1 aromatic carbocycles. The first kappa shape index (κ1) is 21.8. The van der Waals surface area contributed by atoms with Crippen molar-refractivity contribution in [1.82, 2.24) is 0 Å². The Balaban J connectivity index is 1.72. The first-order valence-electron chi connectivity index (χ1n) is 9.67. The largest absolute Gasteiger partial charge is 0.493 e. The predicted octanol–water partition coefficient (Wildman–Crippen LogP) is 4.94. The van der Waals surface area contributed by atoms with E-state index in [2.05, 4.69) is 21.4 Å². The minimum absolute atomic E-state index is 0.126. The number of amides is 1. The molecule has 6 nitrogen and oxygen atoms in total. The predicted molar refractivity (Wildman–Crippen MR) is 112 cm³/mol. The van der Waals surface area contributed by atoms with Crippen LogP contribution in [0, 0.1) is 11.3 Å². The molecule has 160 valence electrons. The van der Waals surface area contributed by atoms with Gasteiger partial charge in [-0.05, 0) is 50.3 Å². The first-order chi connectivity index (χ1) is 14.4. The summed E-state index contributed by atoms with van der Waals surface area (Å²) in [5.74, 6) is -0.286. The number of aryl methyl sites for hydroxylation is 1. The number of methoxy groups -OCH3 is 1. The molecular weight excluding hydrogens is 412 g/mol. The molecular formula is C21H23F2N3O3S. The van der Waals surface area contributed by atoms with Crippen molar-refractivity contribution in [3.63, 3.8) is 0 Å². The fourth-order valence-corrected chi connectivity index (χ4v) is 4.68. The fourth-order valence-electron chi connectivity index (χ4n) is 3.44. The lowest BCUT2D eigenvalue weighted by molar-refractivity contribution is -0.116. The highest BCUT2D eigenvalue weighted by atomic mass is 32.1. The average Bonchev–Trinajstić information content (AvgIpc) is 2.86. The molecule has 1 aromatic heterocycles. The molecule has 0 unspecified atom stereocenters. The second-order valence-corrected chi connectivity index (χ2v) is 8.08. The van der Waals surface area contributed by atoms with Crippen LogP contribution in [0.3, 0.4) is 0 Å². The maximum absolute atomic E-state index is 12.7. The third-order valence-electron chi connectivity index (χ3n) is 4.93. The highest BCUT2D eigenvalue weighted by Crippen LogP contribution is 2.37. The fraction of sp³-hybridized carbons (Fsp3) is 0.429. The van der Waals surface area contributed by atoms with Gasteiger partial charge in [0.25, 0.3) is 0 Å². The van der Waals surface area contributed by atoms with Crippen molar-refractivity contribution in [3.8, 4) is 17.6 Å². The maximum atomic E-state index is 12.7. The maximum Gasteiger partial charge on any atom is 0.387 e. The zero-order chi connectivity index (χ0) is 21.7. The normalized spacial score (nSPS) is 14.3. The van der Waals surface area contributed by atoms with Gasteiger partial charge in [-0.2, -0.15) is 14.0 Å². The molecule has 1 aliphatic carbocycles. The third-order valence-corrected chi connectivity index (χ3v) is 6.13. The number of alkyl halides is 2. The lowest BCUT2D eigenvalue weighted by Gasteiger charge is -2.17. The van der Waals surface area contributed by atoms with E-state index in [-0.39, 0.29) is 17.4 Å². The van der Waals surface area contributed by atoms with Crippen molar-refractivity contribution in [2.75, 3.05) is 17.7 Å². The number of nitriles is 1. The van der Waals surface area contributed by atoms with Crippen LogP contribution >= 0.6 is 11.3 Å². The van der Waals surface area contributed by atoms with Crippen molar-refractivity contribution in [2.45, 2.75) is 51.7 Å². The molecule has 0 saturated carbocycles. The Labute approximate surface area is 177 Å². The number of hydrogen-bond acceptors (Lipinski definition) is 6. The van der Waals surface area contributed by atoms with Crippen LogP contribution < -0.4 is 20.1 Å². The lowest BCUT2D eigenvalue weighted by atomic mass is 10.1. The number of fused-ring (bicyclic) bond motifs is 1. The number of hydrogen-bond donors (Lipinski definition) is 2. The molecule has 3 rings (SSSR count). The summed E-state index contributed by atoms with van der Waals surface area (Å²) in [6.07, 6.45) is 5.07. The van der Waals surface area contributed by atoms with Gasteiger partial charge >= 0.3 is 6.61 Å². The molecule has 0 spiro atoms. The van der Waals surface area contributed by atoms with Crippen molar-refractivity contribution in [1.29, 1.82) is 5.26 Å². The van der Waals surface area contributed by atoms with Gasteiger partial charge in [-0.3, -0.25) is 4.79 Å². The second-order valence-electron chi connectivity index (χ2n) is 6.98. The van der Waals surface area contributed by atoms with Crippen molar-refractivity contribution >= 4 is 27.9 Å². The Morgan fingerprint density at radius 2 is 2.00 bits per heavy atom. The van der Waals surface area contributed by atoms with Crippen LogP contribution in [0.1, 0.15) is 42.2 Å². The van der Waals surface area contributed by atoms with Crippen LogP contribution in [0.4, 0.5) is 19.5 Å². The number of ether oxygens (including phenoxy) is 2.